The molecule has 2 aromatic rings. The Morgan fingerprint density at radius 1 is 1.20 bits per heavy atom. The maximum atomic E-state index is 12.3. The summed E-state index contributed by atoms with van der Waals surface area (Å²) in [5.41, 5.74) is 2.11. The number of allylic oxidation sites excluding steroid dienone is 8. The second-order valence-electron chi connectivity index (χ2n) is 8.35. The molecule has 1 aliphatic carbocycles. The molecule has 45 heavy (non-hydrogen) atoms. The highest BCUT2D eigenvalue weighted by Crippen LogP contribution is 2.27. The van der Waals surface area contributed by atoms with Gasteiger partial charge in [-0.25, -0.2) is 13.8 Å². The molecule has 1 atom stereocenters. The van der Waals surface area contributed by atoms with Gasteiger partial charge in [-0.2, -0.15) is 9.78 Å². The highest BCUT2D eigenvalue weighted by molar-refractivity contribution is 9.10. The molecule has 0 aliphatic heterocycles. The quantitative estimate of drug-likeness (QED) is 0.132. The summed E-state index contributed by atoms with van der Waals surface area (Å²) in [6, 6.07) is 3.38. The first-order valence-electron chi connectivity index (χ1n) is 14.5. The number of carbonyl (C=O) groups is 1. The molecule has 0 fully saturated rings. The molecule has 0 saturated carbocycles. The molecule has 1 heterocycles. The van der Waals surface area contributed by atoms with Crippen molar-refractivity contribution in [2.45, 2.75) is 48.0 Å². The fourth-order valence-corrected chi connectivity index (χ4v) is 3.86. The van der Waals surface area contributed by atoms with Crippen molar-refractivity contribution in [1.82, 2.24) is 20.4 Å². The average molecular weight is 689 g/mol. The summed E-state index contributed by atoms with van der Waals surface area (Å²) in [7, 11) is 1.90. The summed E-state index contributed by atoms with van der Waals surface area (Å²) in [5, 5.41) is 21.3. The zero-order chi connectivity index (χ0) is 34.8. The average Bonchev–Trinajstić information content (AvgIpc) is 3.28. The van der Waals surface area contributed by atoms with Crippen molar-refractivity contribution in [3.05, 3.63) is 124 Å². The molecule has 1 aromatic heterocycles. The topological polar surface area (TPSA) is 91.5 Å². The summed E-state index contributed by atoms with van der Waals surface area (Å²) >= 11 is 3.45. The molecule has 1 aliphatic rings. The van der Waals surface area contributed by atoms with E-state index in [1.54, 1.807) is 29.1 Å². The number of aliphatic hydroxyl groups is 1. The lowest BCUT2D eigenvalue weighted by atomic mass is 10.1. The van der Waals surface area contributed by atoms with Crippen LogP contribution in [-0.2, 0) is 4.79 Å². The monoisotopic (exact) mass is 687 g/mol. The number of halogens is 3. The molecule has 7 nitrogen and oxygen atoms in total. The minimum Gasteiger partial charge on any atom is -0.508 e. The van der Waals surface area contributed by atoms with E-state index in [2.05, 4.69) is 62.1 Å². The Morgan fingerprint density at radius 2 is 1.87 bits per heavy atom. The first-order valence-corrected chi connectivity index (χ1v) is 15.3. The Bertz CT molecular complexity index is 1360. The molecule has 3 rings (SSSR count). The second-order valence-corrected chi connectivity index (χ2v) is 9.20. The number of rotatable bonds is 10. The van der Waals surface area contributed by atoms with Gasteiger partial charge in [-0.1, -0.05) is 70.7 Å². The van der Waals surface area contributed by atoms with Gasteiger partial charge in [0.15, 0.2) is 5.82 Å². The zero-order valence-corrected chi connectivity index (χ0v) is 29.0. The van der Waals surface area contributed by atoms with Gasteiger partial charge >= 0.3 is 0 Å². The van der Waals surface area contributed by atoms with Gasteiger partial charge in [-0.15, -0.1) is 0 Å². The van der Waals surface area contributed by atoms with Gasteiger partial charge in [0, 0.05) is 25.2 Å². The number of aliphatic imine (C=N–C) groups is 1. The number of aryl methyl sites for hydroxylation is 1. The summed E-state index contributed by atoms with van der Waals surface area (Å²) in [6.45, 7) is 21.5. The standard InChI is InChI=1S/C23H28BrN5O.C7H6F2.2C2H6.CH2O/c1-5-9-21(30)18(6-2)12-13-22(29-23(26-4)20(24)16-28-29)27-15-17-10-7-8-11-19(14-17)25-3;1-5-4-6(8)2-3-7(5)9;3*1-2/h5-11,13-14,16-17,25,27,30H,2,4,12,15H2,1,3H3;2-4H,1H3;2*1-2H3;1H2/b9-5-,21-18-,22-13-;;;;. The van der Waals surface area contributed by atoms with Gasteiger partial charge in [0.1, 0.15) is 30.0 Å². The van der Waals surface area contributed by atoms with Gasteiger partial charge in [-0.3, -0.25) is 0 Å². The highest BCUT2D eigenvalue weighted by atomic mass is 79.9. The molecule has 0 bridgehead atoms. The SMILES string of the molecule is C=C/C(C/C=C(/NCC1C=CC=CC(NC)=C1)n1ncc(Br)c1N=C)=C(O)\C=C/C.C=O.CC.CC.Cc1cc(F)ccc1F. The van der Waals surface area contributed by atoms with Gasteiger partial charge in [0.25, 0.3) is 0 Å². The van der Waals surface area contributed by atoms with Crippen LogP contribution < -0.4 is 10.6 Å². The third-order valence-corrected chi connectivity index (χ3v) is 6.12. The van der Waals surface area contributed by atoms with Crippen LogP contribution in [-0.4, -0.2) is 42.0 Å². The Morgan fingerprint density at radius 3 is 2.40 bits per heavy atom. The summed E-state index contributed by atoms with van der Waals surface area (Å²) in [4.78, 5) is 12.1. The number of hydrogen-bond donors (Lipinski definition) is 3. The van der Waals surface area contributed by atoms with E-state index in [4.69, 9.17) is 4.79 Å². The number of hydrogen-bond acceptors (Lipinski definition) is 6. The molecule has 1 unspecified atom stereocenters. The molecule has 0 spiro atoms. The van der Waals surface area contributed by atoms with Crippen LogP contribution in [0.5, 0.6) is 0 Å². The van der Waals surface area contributed by atoms with Crippen LogP contribution in [0.3, 0.4) is 0 Å². The van der Waals surface area contributed by atoms with E-state index >= 15 is 0 Å². The fraction of sp³-hybridized carbons (Fsp3) is 0.286. The Hall–Kier alpha value is -4.31. The first kappa shape index (κ1) is 42.8. The molecule has 3 N–H and O–H groups in total. The van der Waals surface area contributed by atoms with Crippen LogP contribution >= 0.6 is 15.9 Å². The van der Waals surface area contributed by atoms with Crippen molar-refractivity contribution in [1.29, 1.82) is 0 Å². The van der Waals surface area contributed by atoms with Crippen LogP contribution in [0.15, 0.2) is 112 Å². The maximum Gasteiger partial charge on any atom is 0.171 e. The molecule has 246 valence electrons. The van der Waals surface area contributed by atoms with Crippen molar-refractivity contribution in [2.24, 2.45) is 10.9 Å². The predicted molar refractivity (Wildman–Crippen MR) is 191 cm³/mol. The minimum absolute atomic E-state index is 0.177. The van der Waals surface area contributed by atoms with Gasteiger partial charge in [0.2, 0.25) is 0 Å². The number of nitrogens with zero attached hydrogens (tertiary/aromatic N) is 3. The van der Waals surface area contributed by atoms with Crippen LogP contribution in [0.4, 0.5) is 14.6 Å². The molecule has 1 aromatic carbocycles. The first-order chi connectivity index (χ1) is 21.7. The number of benzene rings is 1. The van der Waals surface area contributed by atoms with Crippen LogP contribution in [0, 0.1) is 24.5 Å². The molecular formula is C35H48BrF2N5O2. The summed E-state index contributed by atoms with van der Waals surface area (Å²) < 4.78 is 26.9. The second kappa shape index (κ2) is 26.1. The van der Waals surface area contributed by atoms with Crippen molar-refractivity contribution < 1.29 is 18.7 Å². The molecule has 0 saturated heterocycles. The third-order valence-electron chi connectivity index (χ3n) is 5.56. The van der Waals surface area contributed by atoms with Gasteiger partial charge < -0.3 is 20.5 Å². The van der Waals surface area contributed by atoms with E-state index in [0.29, 0.717) is 29.9 Å². The summed E-state index contributed by atoms with van der Waals surface area (Å²) in [5.74, 6) is 0.938. The van der Waals surface area contributed by atoms with E-state index in [9.17, 15) is 13.9 Å². The largest absolute Gasteiger partial charge is 0.508 e. The van der Waals surface area contributed by atoms with Crippen molar-refractivity contribution in [3.63, 3.8) is 0 Å². The van der Waals surface area contributed by atoms with Crippen molar-refractivity contribution >= 4 is 41.1 Å². The van der Waals surface area contributed by atoms with Crippen molar-refractivity contribution in [2.75, 3.05) is 13.6 Å². The van der Waals surface area contributed by atoms with E-state index in [-0.39, 0.29) is 17.5 Å². The Balaban J connectivity index is 0. The number of likely N-dealkylation sites (N-methyl/N-ethyl adjacent to an activating group) is 1. The Labute approximate surface area is 276 Å². The molecule has 0 amide bonds. The highest BCUT2D eigenvalue weighted by Gasteiger charge is 2.13. The minimum atomic E-state index is -0.395. The summed E-state index contributed by atoms with van der Waals surface area (Å²) in [6.07, 6.45) is 19.5. The third kappa shape index (κ3) is 15.8. The van der Waals surface area contributed by atoms with Crippen LogP contribution in [0.25, 0.3) is 5.82 Å². The maximum absolute atomic E-state index is 12.3. The lowest BCUT2D eigenvalue weighted by Crippen LogP contribution is -2.24. The number of aromatic nitrogens is 2. The lowest BCUT2D eigenvalue weighted by molar-refractivity contribution is -0.0980. The fourth-order valence-electron chi connectivity index (χ4n) is 3.47. The molecule has 10 heteroatoms. The molecular weight excluding hydrogens is 640 g/mol. The normalized spacial score (nSPS) is 13.9. The van der Waals surface area contributed by atoms with Gasteiger partial charge in [-0.05, 0) is 90.5 Å². The van der Waals surface area contributed by atoms with Gasteiger partial charge in [0.05, 0.1) is 10.7 Å². The molecule has 0 radical (unpaired) electrons. The van der Waals surface area contributed by atoms with E-state index in [0.717, 1.165) is 34.2 Å². The smallest absolute Gasteiger partial charge is 0.171 e. The van der Waals surface area contributed by atoms with Crippen LogP contribution in [0.2, 0.25) is 0 Å². The number of aliphatic hydroxyl groups excluding tert-OH is 1. The predicted octanol–water partition coefficient (Wildman–Crippen LogP) is 9.32. The number of nitrogens with one attached hydrogen (secondary N) is 2. The van der Waals surface area contributed by atoms with E-state index in [1.807, 2.05) is 72.8 Å². The zero-order valence-electron chi connectivity index (χ0n) is 27.4. The Kier molecular flexibility index (Phi) is 24.9. The van der Waals surface area contributed by atoms with Crippen LogP contribution in [0.1, 0.15) is 46.6 Å². The van der Waals surface area contributed by atoms with E-state index < -0.39 is 5.82 Å². The number of carbonyl (C=O) groups excluding carboxylic acids is 1. The van der Waals surface area contributed by atoms with Crippen molar-refractivity contribution in [3.8, 4) is 0 Å². The lowest BCUT2D eigenvalue weighted by Gasteiger charge is -2.16. The van der Waals surface area contributed by atoms with E-state index in [1.165, 1.54) is 6.92 Å².